The first kappa shape index (κ1) is 16.2. The first-order valence-electron chi connectivity index (χ1n) is 5.78. The molecule has 0 saturated carbocycles. The SMILES string of the molecule is CCC(O)(CC)CNC(=O)CCSCC(N)=O. The lowest BCUT2D eigenvalue weighted by atomic mass is 9.97. The molecule has 0 aromatic heterocycles. The maximum absolute atomic E-state index is 11.4. The first-order valence-corrected chi connectivity index (χ1v) is 6.94. The van der Waals surface area contributed by atoms with Gasteiger partial charge in [-0.3, -0.25) is 9.59 Å². The Hall–Kier alpha value is -0.750. The van der Waals surface area contributed by atoms with E-state index in [0.29, 0.717) is 25.0 Å². The second-order valence-electron chi connectivity index (χ2n) is 3.98. The molecule has 0 spiro atoms. The lowest BCUT2D eigenvalue weighted by Crippen LogP contribution is -2.42. The van der Waals surface area contributed by atoms with E-state index >= 15 is 0 Å². The molecule has 0 aliphatic carbocycles. The zero-order chi connectivity index (χ0) is 13.3. The van der Waals surface area contributed by atoms with Crippen LogP contribution in [-0.4, -0.2) is 40.6 Å². The Balaban J connectivity index is 3.69. The van der Waals surface area contributed by atoms with E-state index in [2.05, 4.69) is 5.32 Å². The molecule has 0 bridgehead atoms. The van der Waals surface area contributed by atoms with Crippen LogP contribution in [0.3, 0.4) is 0 Å². The van der Waals surface area contributed by atoms with Gasteiger partial charge in [0.15, 0.2) is 0 Å². The lowest BCUT2D eigenvalue weighted by molar-refractivity contribution is -0.122. The molecule has 0 heterocycles. The van der Waals surface area contributed by atoms with Gasteiger partial charge in [0.1, 0.15) is 0 Å². The van der Waals surface area contributed by atoms with Crippen LogP contribution in [0.4, 0.5) is 0 Å². The molecule has 0 rings (SSSR count). The van der Waals surface area contributed by atoms with Crippen LogP contribution >= 0.6 is 11.8 Å². The van der Waals surface area contributed by atoms with E-state index in [4.69, 9.17) is 5.73 Å². The van der Waals surface area contributed by atoms with Gasteiger partial charge >= 0.3 is 0 Å². The average Bonchev–Trinajstić information content (AvgIpc) is 2.31. The van der Waals surface area contributed by atoms with Crippen LogP contribution < -0.4 is 11.1 Å². The van der Waals surface area contributed by atoms with Gasteiger partial charge in [0, 0.05) is 18.7 Å². The van der Waals surface area contributed by atoms with Gasteiger partial charge in [-0.15, -0.1) is 0 Å². The minimum absolute atomic E-state index is 0.109. The summed E-state index contributed by atoms with van der Waals surface area (Å²) in [6, 6.07) is 0. The van der Waals surface area contributed by atoms with Crippen LogP contribution in [0.2, 0.25) is 0 Å². The third-order valence-electron chi connectivity index (χ3n) is 2.65. The predicted octanol–water partition coefficient (Wildman–Crippen LogP) is 0.262. The Labute approximate surface area is 107 Å². The molecule has 5 nitrogen and oxygen atoms in total. The zero-order valence-corrected chi connectivity index (χ0v) is 11.3. The summed E-state index contributed by atoms with van der Waals surface area (Å²) < 4.78 is 0. The fourth-order valence-corrected chi connectivity index (χ4v) is 1.86. The molecule has 0 unspecified atom stereocenters. The van der Waals surface area contributed by atoms with E-state index < -0.39 is 5.60 Å². The zero-order valence-electron chi connectivity index (χ0n) is 10.5. The number of nitrogens with one attached hydrogen (secondary N) is 1. The van der Waals surface area contributed by atoms with Crippen LogP contribution in [0.5, 0.6) is 0 Å². The molecular formula is C11H22N2O3S. The molecule has 0 aromatic carbocycles. The van der Waals surface area contributed by atoms with Crippen molar-refractivity contribution in [1.29, 1.82) is 0 Å². The highest BCUT2D eigenvalue weighted by atomic mass is 32.2. The average molecular weight is 262 g/mol. The van der Waals surface area contributed by atoms with Gasteiger partial charge in [0.2, 0.25) is 11.8 Å². The minimum atomic E-state index is -0.809. The van der Waals surface area contributed by atoms with Crippen molar-refractivity contribution in [3.05, 3.63) is 0 Å². The fraction of sp³-hybridized carbons (Fsp3) is 0.818. The van der Waals surface area contributed by atoms with Crippen LogP contribution in [0.25, 0.3) is 0 Å². The van der Waals surface area contributed by atoms with Crippen LogP contribution in [0.15, 0.2) is 0 Å². The molecule has 0 aliphatic rings. The second-order valence-corrected chi connectivity index (χ2v) is 5.08. The first-order chi connectivity index (χ1) is 7.93. The van der Waals surface area contributed by atoms with Gasteiger partial charge in [-0.1, -0.05) is 13.8 Å². The molecule has 0 atom stereocenters. The van der Waals surface area contributed by atoms with E-state index in [1.165, 1.54) is 11.8 Å². The van der Waals surface area contributed by atoms with Crippen molar-refractivity contribution in [2.24, 2.45) is 5.73 Å². The standard InChI is InChI=1S/C11H22N2O3S/c1-3-11(16,4-2)8-13-10(15)5-6-17-7-9(12)14/h16H,3-8H2,1-2H3,(H2,12,14)(H,13,15). The number of carbonyl (C=O) groups excluding carboxylic acids is 2. The largest absolute Gasteiger partial charge is 0.388 e. The predicted molar refractivity (Wildman–Crippen MR) is 69.7 cm³/mol. The van der Waals surface area contributed by atoms with Gasteiger partial charge in [0.25, 0.3) is 0 Å². The maximum Gasteiger partial charge on any atom is 0.227 e. The minimum Gasteiger partial charge on any atom is -0.388 e. The Morgan fingerprint density at radius 3 is 2.41 bits per heavy atom. The number of nitrogens with two attached hydrogens (primary N) is 1. The Bertz CT molecular complexity index is 255. The molecule has 17 heavy (non-hydrogen) atoms. The van der Waals surface area contributed by atoms with Crippen LogP contribution in [-0.2, 0) is 9.59 Å². The van der Waals surface area contributed by atoms with Crippen molar-refractivity contribution in [2.45, 2.75) is 38.7 Å². The number of carbonyl (C=O) groups is 2. The summed E-state index contributed by atoms with van der Waals surface area (Å²) in [6.07, 6.45) is 1.56. The maximum atomic E-state index is 11.4. The summed E-state index contributed by atoms with van der Waals surface area (Å²) in [4.78, 5) is 21.9. The molecule has 0 aliphatic heterocycles. The molecule has 100 valence electrons. The summed E-state index contributed by atoms with van der Waals surface area (Å²) in [5, 5.41) is 12.6. The van der Waals surface area contributed by atoms with Crippen molar-refractivity contribution >= 4 is 23.6 Å². The normalized spacial score (nSPS) is 11.2. The van der Waals surface area contributed by atoms with Gasteiger partial charge in [0.05, 0.1) is 11.4 Å². The van der Waals surface area contributed by atoms with Crippen molar-refractivity contribution in [3.8, 4) is 0 Å². The fourth-order valence-electron chi connectivity index (χ4n) is 1.19. The number of rotatable bonds is 9. The summed E-state index contributed by atoms with van der Waals surface area (Å²) in [5.41, 5.74) is 4.16. The molecule has 0 saturated heterocycles. The van der Waals surface area contributed by atoms with Crippen LogP contribution in [0, 0.1) is 0 Å². The number of hydrogen-bond donors (Lipinski definition) is 3. The molecular weight excluding hydrogens is 240 g/mol. The molecule has 0 aromatic rings. The van der Waals surface area contributed by atoms with Crippen molar-refractivity contribution in [3.63, 3.8) is 0 Å². The van der Waals surface area contributed by atoms with Crippen molar-refractivity contribution < 1.29 is 14.7 Å². The summed E-state index contributed by atoms with van der Waals surface area (Å²) >= 11 is 1.34. The van der Waals surface area contributed by atoms with E-state index in [-0.39, 0.29) is 24.1 Å². The highest BCUT2D eigenvalue weighted by Crippen LogP contribution is 2.12. The van der Waals surface area contributed by atoms with Crippen LogP contribution in [0.1, 0.15) is 33.1 Å². The number of amides is 2. The van der Waals surface area contributed by atoms with Crippen molar-refractivity contribution in [1.82, 2.24) is 5.32 Å². The second kappa shape index (κ2) is 8.36. The number of primary amides is 1. The lowest BCUT2D eigenvalue weighted by Gasteiger charge is -2.25. The van der Waals surface area contributed by atoms with E-state index in [1.54, 1.807) is 0 Å². The van der Waals surface area contributed by atoms with Gasteiger partial charge in [-0.25, -0.2) is 0 Å². The smallest absolute Gasteiger partial charge is 0.227 e. The summed E-state index contributed by atoms with van der Waals surface area (Å²) in [6.45, 7) is 4.05. The van der Waals surface area contributed by atoms with Gasteiger partial charge < -0.3 is 16.2 Å². The molecule has 2 amide bonds. The molecule has 4 N–H and O–H groups in total. The van der Waals surface area contributed by atoms with Gasteiger partial charge in [-0.05, 0) is 12.8 Å². The highest BCUT2D eigenvalue weighted by Gasteiger charge is 2.22. The molecule has 6 heteroatoms. The quantitative estimate of drug-likeness (QED) is 0.520. The molecule has 0 fully saturated rings. The topological polar surface area (TPSA) is 92.4 Å². The monoisotopic (exact) mass is 262 g/mol. The highest BCUT2D eigenvalue weighted by molar-refractivity contribution is 7.99. The summed E-state index contributed by atoms with van der Waals surface area (Å²) in [5.74, 6) is 0.316. The molecule has 0 radical (unpaired) electrons. The number of aliphatic hydroxyl groups is 1. The Morgan fingerprint density at radius 1 is 1.35 bits per heavy atom. The number of hydrogen-bond acceptors (Lipinski definition) is 4. The Kier molecular flexibility index (Phi) is 7.99. The van der Waals surface area contributed by atoms with E-state index in [9.17, 15) is 14.7 Å². The third kappa shape index (κ3) is 8.04. The number of thioether (sulfide) groups is 1. The Morgan fingerprint density at radius 2 is 1.94 bits per heavy atom. The van der Waals surface area contributed by atoms with Gasteiger partial charge in [-0.2, -0.15) is 11.8 Å². The summed E-state index contributed by atoms with van der Waals surface area (Å²) in [7, 11) is 0. The van der Waals surface area contributed by atoms with E-state index in [1.807, 2.05) is 13.8 Å². The van der Waals surface area contributed by atoms with Crippen molar-refractivity contribution in [2.75, 3.05) is 18.1 Å². The third-order valence-corrected chi connectivity index (χ3v) is 3.63. The van der Waals surface area contributed by atoms with E-state index in [0.717, 1.165) is 0 Å².